The van der Waals surface area contributed by atoms with E-state index in [1.807, 2.05) is 26.0 Å². The first-order valence-electron chi connectivity index (χ1n) is 9.79. The highest BCUT2D eigenvalue weighted by Crippen LogP contribution is 2.34. The van der Waals surface area contributed by atoms with Crippen molar-refractivity contribution in [3.8, 4) is 5.75 Å². The summed E-state index contributed by atoms with van der Waals surface area (Å²) in [6, 6.07) is 10.6. The minimum atomic E-state index is -0.539. The topological polar surface area (TPSA) is 102 Å². The summed E-state index contributed by atoms with van der Waals surface area (Å²) in [6.07, 6.45) is 1.56. The monoisotopic (exact) mass is 532 g/mol. The van der Waals surface area contributed by atoms with Crippen LogP contribution in [0.15, 0.2) is 45.8 Å². The second-order valence-corrected chi connectivity index (χ2v) is 9.04. The van der Waals surface area contributed by atoms with Gasteiger partial charge in [-0.15, -0.1) is 0 Å². The molecule has 0 spiro atoms. The van der Waals surface area contributed by atoms with E-state index >= 15 is 0 Å². The number of nitrogens with zero attached hydrogens (tertiary/aromatic N) is 1. The Labute approximate surface area is 203 Å². The first-order chi connectivity index (χ1) is 15.7. The van der Waals surface area contributed by atoms with Crippen LogP contribution in [-0.2, 0) is 19.1 Å². The summed E-state index contributed by atoms with van der Waals surface area (Å²) >= 11 is 4.12. The van der Waals surface area contributed by atoms with Crippen molar-refractivity contribution in [1.82, 2.24) is 4.90 Å². The Morgan fingerprint density at radius 1 is 1.15 bits per heavy atom. The lowest BCUT2D eigenvalue weighted by Gasteiger charge is -2.14. The molecule has 0 bridgehead atoms. The van der Waals surface area contributed by atoms with Crippen LogP contribution in [0.3, 0.4) is 0 Å². The standard InChI is InChI=1S/C23H21BrN2O6S/c1-13-4-6-17(14(2)8-13)25-20(27)11-26-22(29)19(33-23(26)30)10-15-5-7-18(16(24)9-15)32-12-21(28)31-3/h4-10H,11-12H2,1-3H3,(H,25,27)/b19-10+. The summed E-state index contributed by atoms with van der Waals surface area (Å²) in [7, 11) is 1.27. The fraction of sp³-hybridized carbons (Fsp3) is 0.217. The van der Waals surface area contributed by atoms with Crippen molar-refractivity contribution in [1.29, 1.82) is 0 Å². The number of imide groups is 1. The Morgan fingerprint density at radius 3 is 2.58 bits per heavy atom. The molecule has 1 heterocycles. The summed E-state index contributed by atoms with van der Waals surface area (Å²) < 4.78 is 10.5. The quantitative estimate of drug-likeness (QED) is 0.419. The van der Waals surface area contributed by atoms with Crippen LogP contribution in [0.1, 0.15) is 16.7 Å². The van der Waals surface area contributed by atoms with E-state index in [1.54, 1.807) is 30.3 Å². The molecule has 3 rings (SSSR count). The van der Waals surface area contributed by atoms with Gasteiger partial charge in [0.1, 0.15) is 12.3 Å². The first-order valence-corrected chi connectivity index (χ1v) is 11.4. The molecule has 1 N–H and O–H groups in total. The molecule has 1 aliphatic rings. The van der Waals surface area contributed by atoms with E-state index in [0.29, 0.717) is 21.5 Å². The molecule has 0 unspecified atom stereocenters. The third-order valence-corrected chi connectivity index (χ3v) is 6.19. The SMILES string of the molecule is COC(=O)COc1ccc(/C=C2/SC(=O)N(CC(=O)Nc3ccc(C)cc3C)C2=O)cc1Br. The maximum Gasteiger partial charge on any atom is 0.343 e. The number of carbonyl (C=O) groups excluding carboxylic acids is 4. The number of hydrogen-bond donors (Lipinski definition) is 1. The molecule has 1 saturated heterocycles. The molecule has 0 saturated carbocycles. The number of aryl methyl sites for hydroxylation is 2. The van der Waals surface area contributed by atoms with Gasteiger partial charge in [0.15, 0.2) is 6.61 Å². The molecule has 0 aromatic heterocycles. The Morgan fingerprint density at radius 2 is 1.91 bits per heavy atom. The number of rotatable bonds is 7. The minimum Gasteiger partial charge on any atom is -0.481 e. The van der Waals surface area contributed by atoms with E-state index in [-0.39, 0.29) is 18.1 Å². The molecule has 0 aliphatic carbocycles. The number of hydrogen-bond acceptors (Lipinski definition) is 7. The number of benzene rings is 2. The average molecular weight is 533 g/mol. The number of halogens is 1. The zero-order chi connectivity index (χ0) is 24.1. The van der Waals surface area contributed by atoms with Gasteiger partial charge in [-0.3, -0.25) is 19.3 Å². The lowest BCUT2D eigenvalue weighted by molar-refractivity contribution is -0.143. The Bertz CT molecular complexity index is 1160. The summed E-state index contributed by atoms with van der Waals surface area (Å²) in [5.41, 5.74) is 3.23. The summed E-state index contributed by atoms with van der Waals surface area (Å²) in [5.74, 6) is -1.08. The molecular formula is C23H21BrN2O6S. The number of nitrogens with one attached hydrogen (secondary N) is 1. The minimum absolute atomic E-state index is 0.203. The van der Waals surface area contributed by atoms with Gasteiger partial charge in [-0.25, -0.2) is 4.79 Å². The smallest absolute Gasteiger partial charge is 0.343 e. The van der Waals surface area contributed by atoms with E-state index in [4.69, 9.17) is 4.74 Å². The van der Waals surface area contributed by atoms with Gasteiger partial charge in [0, 0.05) is 5.69 Å². The molecule has 172 valence electrons. The van der Waals surface area contributed by atoms with Crippen molar-refractivity contribution in [2.45, 2.75) is 13.8 Å². The van der Waals surface area contributed by atoms with E-state index < -0.39 is 23.0 Å². The number of carbonyl (C=O) groups is 4. The van der Waals surface area contributed by atoms with Crippen LogP contribution in [0, 0.1) is 13.8 Å². The van der Waals surface area contributed by atoms with E-state index in [9.17, 15) is 19.2 Å². The van der Waals surface area contributed by atoms with Crippen LogP contribution in [0.4, 0.5) is 10.5 Å². The summed E-state index contributed by atoms with van der Waals surface area (Å²) in [5, 5.41) is 2.23. The van der Waals surface area contributed by atoms with Gasteiger partial charge in [-0.1, -0.05) is 23.8 Å². The average Bonchev–Trinajstić information content (AvgIpc) is 3.02. The fourth-order valence-electron chi connectivity index (χ4n) is 2.99. The van der Waals surface area contributed by atoms with Gasteiger partial charge < -0.3 is 14.8 Å². The molecule has 1 aliphatic heterocycles. The molecule has 33 heavy (non-hydrogen) atoms. The number of methoxy groups -OCH3 is 1. The van der Waals surface area contributed by atoms with E-state index in [1.165, 1.54) is 7.11 Å². The summed E-state index contributed by atoms with van der Waals surface area (Å²) in [4.78, 5) is 49.9. The second kappa shape index (κ2) is 10.7. The van der Waals surface area contributed by atoms with E-state index in [0.717, 1.165) is 27.8 Å². The molecule has 1 fully saturated rings. The predicted octanol–water partition coefficient (Wildman–Crippen LogP) is 4.29. The highest BCUT2D eigenvalue weighted by Gasteiger charge is 2.36. The van der Waals surface area contributed by atoms with Crippen LogP contribution < -0.4 is 10.1 Å². The third-order valence-electron chi connectivity index (χ3n) is 4.66. The maximum absolute atomic E-state index is 12.7. The van der Waals surface area contributed by atoms with Crippen LogP contribution in [0.5, 0.6) is 5.75 Å². The maximum atomic E-state index is 12.7. The highest BCUT2D eigenvalue weighted by atomic mass is 79.9. The van der Waals surface area contributed by atoms with Crippen molar-refractivity contribution in [3.63, 3.8) is 0 Å². The number of ether oxygens (including phenoxy) is 2. The van der Waals surface area contributed by atoms with Gasteiger partial charge in [-0.2, -0.15) is 0 Å². The number of thioether (sulfide) groups is 1. The Hall–Kier alpha value is -3.11. The largest absolute Gasteiger partial charge is 0.481 e. The van der Waals surface area contributed by atoms with Gasteiger partial charge in [0.05, 0.1) is 16.5 Å². The Kier molecular flexibility index (Phi) is 7.93. The first kappa shape index (κ1) is 24.5. The molecule has 10 heteroatoms. The number of amides is 3. The fourth-order valence-corrected chi connectivity index (χ4v) is 4.34. The third kappa shape index (κ3) is 6.23. The number of anilines is 1. The van der Waals surface area contributed by atoms with Crippen molar-refractivity contribution in [3.05, 3.63) is 62.5 Å². The van der Waals surface area contributed by atoms with Gasteiger partial charge in [0.25, 0.3) is 11.1 Å². The van der Waals surface area contributed by atoms with Crippen LogP contribution >= 0.6 is 27.7 Å². The molecule has 0 atom stereocenters. The van der Waals surface area contributed by atoms with Gasteiger partial charge in [0.2, 0.25) is 5.91 Å². The molecule has 8 nitrogen and oxygen atoms in total. The molecule has 0 radical (unpaired) electrons. The second-order valence-electron chi connectivity index (χ2n) is 7.19. The molecule has 3 amide bonds. The highest BCUT2D eigenvalue weighted by molar-refractivity contribution is 9.10. The molecular weight excluding hydrogens is 512 g/mol. The summed E-state index contributed by atoms with van der Waals surface area (Å²) in [6.45, 7) is 3.21. The van der Waals surface area contributed by atoms with Crippen molar-refractivity contribution in [2.75, 3.05) is 25.6 Å². The molecule has 2 aromatic carbocycles. The predicted molar refractivity (Wildman–Crippen MR) is 129 cm³/mol. The van der Waals surface area contributed by atoms with E-state index in [2.05, 4.69) is 26.0 Å². The van der Waals surface area contributed by atoms with Crippen molar-refractivity contribution >= 4 is 62.5 Å². The normalized spacial score (nSPS) is 14.5. The Balaban J connectivity index is 1.67. The van der Waals surface area contributed by atoms with Crippen molar-refractivity contribution in [2.24, 2.45) is 0 Å². The van der Waals surface area contributed by atoms with Gasteiger partial charge in [-0.05, 0) is 76.9 Å². The van der Waals surface area contributed by atoms with Gasteiger partial charge >= 0.3 is 5.97 Å². The van der Waals surface area contributed by atoms with Crippen LogP contribution in [0.25, 0.3) is 6.08 Å². The van der Waals surface area contributed by atoms with Crippen LogP contribution in [0.2, 0.25) is 0 Å². The van der Waals surface area contributed by atoms with Crippen molar-refractivity contribution < 1.29 is 28.7 Å². The zero-order valence-electron chi connectivity index (χ0n) is 18.1. The lowest BCUT2D eigenvalue weighted by Crippen LogP contribution is -2.36. The van der Waals surface area contributed by atoms with Crippen LogP contribution in [-0.4, -0.2) is 48.2 Å². The lowest BCUT2D eigenvalue weighted by atomic mass is 10.1. The molecule has 2 aromatic rings. The number of esters is 1. The zero-order valence-corrected chi connectivity index (χ0v) is 20.5.